The molecule has 0 radical (unpaired) electrons. The second kappa shape index (κ2) is 7.90. The summed E-state index contributed by atoms with van der Waals surface area (Å²) in [6, 6.07) is 4.96. The number of nitrogens with one attached hydrogen (secondary N) is 1. The fraction of sp³-hybridized carbons (Fsp3) is 0.625. The lowest BCUT2D eigenvalue weighted by molar-refractivity contribution is -0.384. The molecule has 4 nitrogen and oxygen atoms in total. The van der Waals surface area contributed by atoms with Crippen LogP contribution in [-0.4, -0.2) is 11.5 Å². The van der Waals surface area contributed by atoms with Gasteiger partial charge in [-0.15, -0.1) is 0 Å². The number of nitro benzene ring substituents is 1. The molecule has 5 heteroatoms. The maximum atomic E-state index is 10.7. The van der Waals surface area contributed by atoms with Gasteiger partial charge >= 0.3 is 0 Å². The number of non-ortho nitro benzene ring substituents is 1. The third-order valence-electron chi connectivity index (χ3n) is 4.54. The van der Waals surface area contributed by atoms with E-state index in [9.17, 15) is 10.1 Å². The summed E-state index contributed by atoms with van der Waals surface area (Å²) in [4.78, 5) is 10.3. The van der Waals surface area contributed by atoms with Gasteiger partial charge < -0.3 is 5.32 Å². The monoisotopic (exact) mass is 354 g/mol. The Morgan fingerprint density at radius 2 is 1.95 bits per heavy atom. The number of hydrogen-bond donors (Lipinski definition) is 1. The van der Waals surface area contributed by atoms with Gasteiger partial charge in [-0.05, 0) is 42.9 Å². The molecule has 1 aliphatic rings. The van der Waals surface area contributed by atoms with Crippen molar-refractivity contribution in [2.75, 3.05) is 6.54 Å². The third kappa shape index (κ3) is 4.78. The van der Waals surface area contributed by atoms with Crippen LogP contribution in [0.1, 0.15) is 44.6 Å². The van der Waals surface area contributed by atoms with Crippen LogP contribution in [0.5, 0.6) is 0 Å². The van der Waals surface area contributed by atoms with Crippen molar-refractivity contribution >= 4 is 21.6 Å². The first-order valence-electron chi connectivity index (χ1n) is 7.73. The number of benzene rings is 1. The Kier molecular flexibility index (Phi) is 6.18. The molecule has 1 aromatic rings. The second-order valence-corrected chi connectivity index (χ2v) is 6.81. The summed E-state index contributed by atoms with van der Waals surface area (Å²) in [6.45, 7) is 4.08. The van der Waals surface area contributed by atoms with Crippen molar-refractivity contribution < 1.29 is 4.92 Å². The molecule has 0 amide bonds. The molecule has 116 valence electrons. The highest BCUT2D eigenvalue weighted by molar-refractivity contribution is 9.10. The summed E-state index contributed by atoms with van der Waals surface area (Å²) in [5, 5.41) is 14.2. The van der Waals surface area contributed by atoms with E-state index in [0.717, 1.165) is 35.0 Å². The first kappa shape index (κ1) is 16.4. The van der Waals surface area contributed by atoms with E-state index in [1.54, 1.807) is 12.1 Å². The van der Waals surface area contributed by atoms with Crippen LogP contribution < -0.4 is 5.32 Å². The molecule has 0 aliphatic heterocycles. The van der Waals surface area contributed by atoms with Gasteiger partial charge in [0.2, 0.25) is 0 Å². The molecule has 0 unspecified atom stereocenters. The molecule has 0 saturated heterocycles. The number of halogens is 1. The fourth-order valence-electron chi connectivity index (χ4n) is 3.05. The summed E-state index contributed by atoms with van der Waals surface area (Å²) in [7, 11) is 0. The van der Waals surface area contributed by atoms with Crippen LogP contribution in [0.25, 0.3) is 0 Å². The number of rotatable bonds is 6. The molecule has 1 aromatic carbocycles. The average molecular weight is 355 g/mol. The van der Waals surface area contributed by atoms with Gasteiger partial charge in [-0.3, -0.25) is 10.1 Å². The Morgan fingerprint density at radius 3 is 2.52 bits per heavy atom. The van der Waals surface area contributed by atoms with Crippen molar-refractivity contribution in [3.05, 3.63) is 38.3 Å². The van der Waals surface area contributed by atoms with E-state index in [-0.39, 0.29) is 10.6 Å². The number of hydrogen-bond acceptors (Lipinski definition) is 3. The van der Waals surface area contributed by atoms with Crippen LogP contribution >= 0.6 is 15.9 Å². The predicted octanol–water partition coefficient (Wildman–Crippen LogP) is 4.66. The molecule has 1 aliphatic carbocycles. The Hall–Kier alpha value is -0.940. The zero-order valence-corrected chi connectivity index (χ0v) is 14.1. The van der Waals surface area contributed by atoms with E-state index in [4.69, 9.17) is 0 Å². The predicted molar refractivity (Wildman–Crippen MR) is 88.2 cm³/mol. The maximum absolute atomic E-state index is 10.7. The van der Waals surface area contributed by atoms with Crippen molar-refractivity contribution in [3.63, 3.8) is 0 Å². The van der Waals surface area contributed by atoms with Crippen LogP contribution in [0.2, 0.25) is 0 Å². The molecule has 0 spiro atoms. The first-order chi connectivity index (χ1) is 10.1. The topological polar surface area (TPSA) is 55.2 Å². The highest BCUT2D eigenvalue weighted by Gasteiger charge is 2.19. The zero-order valence-electron chi connectivity index (χ0n) is 12.5. The molecule has 0 bridgehead atoms. The summed E-state index contributed by atoms with van der Waals surface area (Å²) < 4.78 is 0.805. The van der Waals surface area contributed by atoms with Crippen LogP contribution in [0.4, 0.5) is 5.69 Å². The van der Waals surface area contributed by atoms with Gasteiger partial charge in [-0.2, -0.15) is 0 Å². The van der Waals surface area contributed by atoms with Crippen LogP contribution in [0.3, 0.4) is 0 Å². The van der Waals surface area contributed by atoms with Crippen LogP contribution in [0.15, 0.2) is 22.7 Å². The van der Waals surface area contributed by atoms with Crippen LogP contribution in [-0.2, 0) is 6.54 Å². The normalized spacial score (nSPS) is 22.2. The lowest BCUT2D eigenvalue weighted by Gasteiger charge is -2.28. The summed E-state index contributed by atoms with van der Waals surface area (Å²) >= 11 is 3.41. The Morgan fingerprint density at radius 1 is 1.29 bits per heavy atom. The van der Waals surface area contributed by atoms with Gasteiger partial charge in [0.25, 0.3) is 5.69 Å². The van der Waals surface area contributed by atoms with Gasteiger partial charge in [0.05, 0.1) is 4.92 Å². The van der Waals surface area contributed by atoms with E-state index in [0.29, 0.717) is 0 Å². The van der Waals surface area contributed by atoms with Gasteiger partial charge in [-0.1, -0.05) is 42.1 Å². The van der Waals surface area contributed by atoms with Gasteiger partial charge in [0, 0.05) is 23.2 Å². The van der Waals surface area contributed by atoms with Crippen molar-refractivity contribution in [2.45, 2.75) is 45.6 Å². The molecule has 1 fully saturated rings. The highest BCUT2D eigenvalue weighted by atomic mass is 79.9. The minimum absolute atomic E-state index is 0.128. The average Bonchev–Trinajstić information content (AvgIpc) is 2.49. The fourth-order valence-corrected chi connectivity index (χ4v) is 3.55. The summed E-state index contributed by atoms with van der Waals surface area (Å²) in [5.41, 5.74) is 1.20. The maximum Gasteiger partial charge on any atom is 0.270 e. The van der Waals surface area contributed by atoms with Gasteiger partial charge in [0.15, 0.2) is 0 Å². The lowest BCUT2D eigenvalue weighted by Crippen LogP contribution is -2.26. The molecule has 2 rings (SSSR count). The lowest BCUT2D eigenvalue weighted by atomic mass is 9.81. The molecule has 0 aromatic heterocycles. The standard InChI is InChI=1S/C16H23BrN2O2/c1-2-12-3-5-13(6-4-12)10-18-11-14-7-8-15(19(20)21)9-16(14)17/h7-9,12-13,18H,2-6,10-11H2,1H3. The molecule has 0 atom stereocenters. The first-order valence-corrected chi connectivity index (χ1v) is 8.53. The molecule has 0 heterocycles. The van der Waals surface area contributed by atoms with Crippen LogP contribution in [0, 0.1) is 22.0 Å². The molecule has 1 N–H and O–H groups in total. The molecular weight excluding hydrogens is 332 g/mol. The van der Waals surface area contributed by atoms with E-state index in [2.05, 4.69) is 28.2 Å². The molecular formula is C16H23BrN2O2. The number of nitrogens with zero attached hydrogens (tertiary/aromatic N) is 1. The minimum Gasteiger partial charge on any atom is -0.312 e. The Labute approximate surface area is 134 Å². The highest BCUT2D eigenvalue weighted by Crippen LogP contribution is 2.30. The summed E-state index contributed by atoms with van der Waals surface area (Å²) in [6.07, 6.45) is 6.70. The van der Waals surface area contributed by atoms with Gasteiger partial charge in [0.1, 0.15) is 0 Å². The second-order valence-electron chi connectivity index (χ2n) is 5.96. The van der Waals surface area contributed by atoms with Crippen molar-refractivity contribution in [3.8, 4) is 0 Å². The summed E-state index contributed by atoms with van der Waals surface area (Å²) in [5.74, 6) is 1.72. The van der Waals surface area contributed by atoms with Crippen molar-refractivity contribution in [2.24, 2.45) is 11.8 Å². The van der Waals surface area contributed by atoms with Crippen molar-refractivity contribution in [1.82, 2.24) is 5.32 Å². The van der Waals surface area contributed by atoms with E-state index >= 15 is 0 Å². The van der Waals surface area contributed by atoms with E-state index in [1.807, 2.05) is 6.07 Å². The quantitative estimate of drug-likeness (QED) is 0.596. The Bertz CT molecular complexity index is 485. The van der Waals surface area contributed by atoms with E-state index < -0.39 is 0 Å². The molecule has 21 heavy (non-hydrogen) atoms. The third-order valence-corrected chi connectivity index (χ3v) is 5.28. The largest absolute Gasteiger partial charge is 0.312 e. The van der Waals surface area contributed by atoms with Gasteiger partial charge in [-0.25, -0.2) is 0 Å². The molecule has 1 saturated carbocycles. The SMILES string of the molecule is CCC1CCC(CNCc2ccc([N+](=O)[O-])cc2Br)CC1. The smallest absolute Gasteiger partial charge is 0.270 e. The minimum atomic E-state index is -0.367. The number of nitro groups is 1. The van der Waals surface area contributed by atoms with E-state index in [1.165, 1.54) is 32.1 Å². The Balaban J connectivity index is 1.77. The van der Waals surface area contributed by atoms with Crippen molar-refractivity contribution in [1.29, 1.82) is 0 Å². The zero-order chi connectivity index (χ0) is 15.2.